The summed E-state index contributed by atoms with van der Waals surface area (Å²) in [7, 11) is -2.22. The fraction of sp³-hybridized carbons (Fsp3) is 0.361. The van der Waals surface area contributed by atoms with Gasteiger partial charge in [-0.25, -0.2) is 0 Å². The minimum atomic E-state index is -1.49. The van der Waals surface area contributed by atoms with Crippen molar-refractivity contribution < 1.29 is 0 Å². The van der Waals surface area contributed by atoms with Gasteiger partial charge in [0.05, 0.1) is 13.8 Å². The van der Waals surface area contributed by atoms with Crippen LogP contribution < -0.4 is 21.1 Å². The zero-order valence-electron chi connectivity index (χ0n) is 26.0. The van der Waals surface area contributed by atoms with Crippen molar-refractivity contribution in [1.29, 1.82) is 0 Å². The lowest BCUT2D eigenvalue weighted by atomic mass is 9.97. The van der Waals surface area contributed by atoms with E-state index < -0.39 is 16.0 Å². The first kappa shape index (κ1) is 29.4. The summed E-state index contributed by atoms with van der Waals surface area (Å²) in [6.07, 6.45) is 3.34. The number of nitrogens with zero attached hydrogens (tertiary/aromatic N) is 1. The third-order valence-electron chi connectivity index (χ3n) is 8.01. The van der Waals surface area contributed by atoms with Crippen LogP contribution in [0.25, 0.3) is 11.3 Å². The third kappa shape index (κ3) is 6.13. The molecule has 1 atom stereocenters. The Balaban J connectivity index is 1.96. The highest BCUT2D eigenvalue weighted by molar-refractivity contribution is 7.80. The molecule has 39 heavy (non-hydrogen) atoms. The number of hydrogen-bond donors (Lipinski definition) is 0. The first-order valence-electron chi connectivity index (χ1n) is 14.4. The van der Waals surface area contributed by atoms with Crippen molar-refractivity contribution in [3.63, 3.8) is 0 Å². The van der Waals surface area contributed by atoms with Crippen molar-refractivity contribution >= 4 is 37.1 Å². The molecule has 0 aliphatic carbocycles. The van der Waals surface area contributed by atoms with E-state index in [2.05, 4.69) is 136 Å². The molecule has 1 unspecified atom stereocenters. The Kier molecular flexibility index (Phi) is 8.69. The average Bonchev–Trinajstić information content (AvgIpc) is 2.85. The lowest BCUT2D eigenvalue weighted by Crippen LogP contribution is -2.41. The van der Waals surface area contributed by atoms with Gasteiger partial charge in [-0.15, -0.1) is 0 Å². The summed E-state index contributed by atoms with van der Waals surface area (Å²) in [4.78, 5) is 5.07. The molecule has 0 fully saturated rings. The van der Waals surface area contributed by atoms with Crippen molar-refractivity contribution in [1.82, 2.24) is 4.98 Å². The molecule has 0 aliphatic rings. The molecule has 1 heterocycles. The van der Waals surface area contributed by atoms with Gasteiger partial charge in [-0.2, -0.15) is 0 Å². The van der Waals surface area contributed by atoms with Crippen molar-refractivity contribution in [3.05, 3.63) is 99.7 Å². The molecular weight excluding hydrogens is 505 g/mol. The molecule has 4 rings (SSSR count). The van der Waals surface area contributed by atoms with E-state index in [0.717, 1.165) is 12.1 Å². The van der Waals surface area contributed by atoms with Crippen molar-refractivity contribution in [2.45, 2.75) is 87.4 Å². The second kappa shape index (κ2) is 11.5. The van der Waals surface area contributed by atoms with Crippen LogP contribution in [0.15, 0.2) is 60.8 Å². The molecule has 0 saturated heterocycles. The smallest absolute Gasteiger partial charge is 0.0799 e. The van der Waals surface area contributed by atoms with Gasteiger partial charge >= 0.3 is 0 Å². The maximum absolute atomic E-state index is 5.07. The first-order valence-corrected chi connectivity index (χ1v) is 19.2. The maximum Gasteiger partial charge on any atom is 0.0799 e. The van der Waals surface area contributed by atoms with Crippen LogP contribution in [0.1, 0.15) is 65.1 Å². The molecule has 0 aliphatic heterocycles. The number of hydrogen-bond acceptors (Lipinski definition) is 1. The Labute approximate surface area is 239 Å². The predicted octanol–water partition coefficient (Wildman–Crippen LogP) is 8.42. The summed E-state index contributed by atoms with van der Waals surface area (Å²) >= 11 is 0. The number of benzene rings is 3. The Hall–Kier alpha value is -2.54. The number of aromatic nitrogens is 1. The van der Waals surface area contributed by atoms with E-state index in [1.54, 1.807) is 0 Å². The van der Waals surface area contributed by atoms with E-state index >= 15 is 0 Å². The Morgan fingerprint density at radius 2 is 1.26 bits per heavy atom. The fourth-order valence-electron chi connectivity index (χ4n) is 6.11. The van der Waals surface area contributed by atoms with Gasteiger partial charge in [0.2, 0.25) is 0 Å². The third-order valence-corrected chi connectivity index (χ3v) is 13.1. The highest BCUT2D eigenvalue weighted by Gasteiger charge is 2.26. The lowest BCUT2D eigenvalue weighted by molar-refractivity contribution is 0.736. The van der Waals surface area contributed by atoms with E-state index in [0.29, 0.717) is 5.92 Å². The molecule has 1 nitrogen and oxygen atoms in total. The van der Waals surface area contributed by atoms with Crippen molar-refractivity contribution in [2.24, 2.45) is 0 Å². The summed E-state index contributed by atoms with van der Waals surface area (Å²) < 4.78 is 0. The second-order valence-electron chi connectivity index (χ2n) is 12.6. The zero-order chi connectivity index (χ0) is 28.6. The van der Waals surface area contributed by atoms with Crippen LogP contribution in [0.5, 0.6) is 0 Å². The molecule has 0 amide bonds. The molecule has 3 heteroatoms. The summed E-state index contributed by atoms with van der Waals surface area (Å²) in [6.45, 7) is 25.6. The standard InChI is InChI=1S/C36H46NPSi/c1-12-25(4)32-21-33(37-22-34(32)39(9,10)11)30-14-13-15-31(20-30)38(35-26(5)16-23(2)17-27(35)6)36-28(7)18-24(3)19-29(36)8/h13-22,25H,12H2,1-11H3. The van der Waals surface area contributed by atoms with Crippen LogP contribution in [-0.4, -0.2) is 13.1 Å². The Morgan fingerprint density at radius 1 is 0.744 bits per heavy atom. The molecule has 0 N–H and O–H groups in total. The van der Waals surface area contributed by atoms with Crippen LogP contribution >= 0.6 is 7.92 Å². The second-order valence-corrected chi connectivity index (χ2v) is 19.7. The number of rotatable bonds is 7. The normalized spacial score (nSPS) is 12.7. The molecule has 1 aromatic heterocycles. The molecule has 0 bridgehead atoms. The molecule has 0 radical (unpaired) electrons. The van der Waals surface area contributed by atoms with Crippen molar-refractivity contribution in [2.75, 3.05) is 0 Å². The SMILES string of the molecule is CCC(C)c1cc(-c2cccc(P(c3c(C)cc(C)cc3C)c3c(C)cc(C)cc3C)c2)ncc1[Si](C)(C)C. The van der Waals surface area contributed by atoms with E-state index in [9.17, 15) is 0 Å². The van der Waals surface area contributed by atoms with Gasteiger partial charge in [0.1, 0.15) is 0 Å². The van der Waals surface area contributed by atoms with E-state index in [1.165, 1.54) is 65.6 Å². The fourth-order valence-corrected chi connectivity index (χ4v) is 10.7. The summed E-state index contributed by atoms with van der Waals surface area (Å²) in [6, 6.07) is 21.1. The maximum atomic E-state index is 5.07. The van der Waals surface area contributed by atoms with Gasteiger partial charge in [0.25, 0.3) is 0 Å². The minimum Gasteiger partial charge on any atom is -0.256 e. The van der Waals surface area contributed by atoms with Gasteiger partial charge in [0, 0.05) is 11.8 Å². The van der Waals surface area contributed by atoms with Crippen LogP contribution in [0, 0.1) is 41.5 Å². The van der Waals surface area contributed by atoms with Crippen LogP contribution in [0.3, 0.4) is 0 Å². The van der Waals surface area contributed by atoms with Gasteiger partial charge in [-0.05, 0) is 123 Å². The number of pyridine rings is 1. The highest BCUT2D eigenvalue weighted by atomic mass is 31.1. The predicted molar refractivity (Wildman–Crippen MR) is 178 cm³/mol. The van der Waals surface area contributed by atoms with Gasteiger partial charge in [-0.3, -0.25) is 4.98 Å². The van der Waals surface area contributed by atoms with Crippen LogP contribution in [0.4, 0.5) is 0 Å². The largest absolute Gasteiger partial charge is 0.256 e. The monoisotopic (exact) mass is 551 g/mol. The van der Waals surface area contributed by atoms with Crippen LogP contribution in [-0.2, 0) is 0 Å². The first-order chi connectivity index (χ1) is 18.3. The summed E-state index contributed by atoms with van der Waals surface area (Å²) in [5.74, 6) is 0.532. The summed E-state index contributed by atoms with van der Waals surface area (Å²) in [5.41, 5.74) is 12.0. The molecule has 0 saturated carbocycles. The quantitative estimate of drug-likeness (QED) is 0.166. The molecule has 3 aromatic carbocycles. The molecule has 4 aromatic rings. The van der Waals surface area contributed by atoms with E-state index in [-0.39, 0.29) is 0 Å². The minimum absolute atomic E-state index is 0.532. The highest BCUT2D eigenvalue weighted by Crippen LogP contribution is 2.39. The van der Waals surface area contributed by atoms with Gasteiger partial charge < -0.3 is 0 Å². The average molecular weight is 552 g/mol. The number of aryl methyl sites for hydroxylation is 6. The molecule has 204 valence electrons. The van der Waals surface area contributed by atoms with E-state index in [1.807, 2.05) is 0 Å². The van der Waals surface area contributed by atoms with Crippen LogP contribution in [0.2, 0.25) is 19.6 Å². The topological polar surface area (TPSA) is 12.9 Å². The van der Waals surface area contributed by atoms with E-state index in [4.69, 9.17) is 4.98 Å². The van der Waals surface area contributed by atoms with Gasteiger partial charge in [0.15, 0.2) is 0 Å². The Morgan fingerprint density at radius 3 is 1.72 bits per heavy atom. The molecular formula is C36H46NPSi. The lowest BCUT2D eigenvalue weighted by Gasteiger charge is -2.28. The Bertz CT molecular complexity index is 1410. The van der Waals surface area contributed by atoms with Crippen molar-refractivity contribution in [3.8, 4) is 11.3 Å². The summed E-state index contributed by atoms with van der Waals surface area (Å²) in [5, 5.41) is 5.87. The zero-order valence-corrected chi connectivity index (χ0v) is 27.8. The van der Waals surface area contributed by atoms with Gasteiger partial charge in [-0.1, -0.05) is 87.1 Å². The molecule has 0 spiro atoms.